The first-order valence-corrected chi connectivity index (χ1v) is 11.2. The number of aryl methyl sites for hydroxylation is 1. The third-order valence-electron chi connectivity index (χ3n) is 5.07. The standard InChI is InChI=1S/C22H27N7O2S/c1-14(2)30-21-11-17(18(23)12-26-21)22(24)16-4-5-25-20(10-16)28-6-8-29(9-7-28)32-19-13-27-31-15(19)3/h4-5,10-14,24H,6-9,23H2,1-3H3. The monoisotopic (exact) mass is 453 g/mol. The zero-order chi connectivity index (χ0) is 22.7. The molecule has 1 aliphatic rings. The van der Waals surface area contributed by atoms with Crippen molar-refractivity contribution < 1.29 is 9.26 Å². The zero-order valence-electron chi connectivity index (χ0n) is 18.4. The van der Waals surface area contributed by atoms with Gasteiger partial charge in [0.15, 0.2) is 0 Å². The highest BCUT2D eigenvalue weighted by atomic mass is 32.2. The lowest BCUT2D eigenvalue weighted by Crippen LogP contribution is -2.43. The molecule has 4 heterocycles. The highest BCUT2D eigenvalue weighted by molar-refractivity contribution is 7.97. The smallest absolute Gasteiger partial charge is 0.214 e. The molecule has 0 bridgehead atoms. The Hall–Kier alpha value is -3.11. The largest absolute Gasteiger partial charge is 0.475 e. The van der Waals surface area contributed by atoms with Crippen molar-refractivity contribution >= 4 is 29.2 Å². The second-order valence-corrected chi connectivity index (χ2v) is 8.95. The fourth-order valence-corrected chi connectivity index (χ4v) is 4.28. The molecule has 0 saturated carbocycles. The molecule has 3 aromatic rings. The Morgan fingerprint density at radius 1 is 1.19 bits per heavy atom. The molecule has 3 N–H and O–H groups in total. The molecule has 0 radical (unpaired) electrons. The topological polar surface area (TPSA) is 117 Å². The maximum Gasteiger partial charge on any atom is 0.214 e. The van der Waals surface area contributed by atoms with Gasteiger partial charge in [-0.1, -0.05) is 5.16 Å². The van der Waals surface area contributed by atoms with Gasteiger partial charge < -0.3 is 19.9 Å². The van der Waals surface area contributed by atoms with Gasteiger partial charge in [0.25, 0.3) is 0 Å². The Balaban J connectivity index is 1.45. The Bertz CT molecular complexity index is 1090. The van der Waals surface area contributed by atoms with Gasteiger partial charge in [-0.05, 0) is 44.9 Å². The molecule has 1 saturated heterocycles. The molecule has 1 aliphatic heterocycles. The molecule has 9 nitrogen and oxygen atoms in total. The van der Waals surface area contributed by atoms with E-state index in [1.54, 1.807) is 30.4 Å². The average Bonchev–Trinajstić information content (AvgIpc) is 3.19. The Kier molecular flexibility index (Phi) is 6.61. The van der Waals surface area contributed by atoms with E-state index in [1.807, 2.05) is 32.9 Å². The molecule has 3 aromatic heterocycles. The van der Waals surface area contributed by atoms with E-state index in [2.05, 4.69) is 24.3 Å². The number of nitrogens with one attached hydrogen (secondary N) is 1. The van der Waals surface area contributed by atoms with Crippen molar-refractivity contribution in [2.45, 2.75) is 31.8 Å². The normalized spacial score (nSPS) is 14.7. The predicted octanol–water partition coefficient (Wildman–Crippen LogP) is 3.39. The van der Waals surface area contributed by atoms with Crippen LogP contribution in [0, 0.1) is 12.3 Å². The first kappa shape index (κ1) is 22.1. The number of rotatable bonds is 7. The molecular formula is C22H27N7O2S. The molecule has 0 amide bonds. The van der Waals surface area contributed by atoms with Gasteiger partial charge in [-0.2, -0.15) is 0 Å². The zero-order valence-corrected chi connectivity index (χ0v) is 19.2. The van der Waals surface area contributed by atoms with Gasteiger partial charge in [-0.3, -0.25) is 5.41 Å². The van der Waals surface area contributed by atoms with Crippen molar-refractivity contribution in [2.24, 2.45) is 0 Å². The third-order valence-corrected chi connectivity index (χ3v) is 6.28. The number of anilines is 2. The summed E-state index contributed by atoms with van der Waals surface area (Å²) in [4.78, 5) is 12.0. The fraction of sp³-hybridized carbons (Fsp3) is 0.364. The molecule has 4 rings (SSSR count). The molecule has 32 heavy (non-hydrogen) atoms. The van der Waals surface area contributed by atoms with Gasteiger partial charge in [0.05, 0.1) is 34.8 Å². The highest BCUT2D eigenvalue weighted by Crippen LogP contribution is 2.28. The SMILES string of the molecule is Cc1oncc1SN1CCN(c2cc(C(=N)c3cc(OC(C)C)ncc3N)ccn2)CC1. The summed E-state index contributed by atoms with van der Waals surface area (Å²) in [5.41, 5.74) is 8.22. The van der Waals surface area contributed by atoms with Crippen molar-refractivity contribution in [2.75, 3.05) is 36.8 Å². The van der Waals surface area contributed by atoms with E-state index >= 15 is 0 Å². The second kappa shape index (κ2) is 9.58. The van der Waals surface area contributed by atoms with Crippen LogP contribution in [0.4, 0.5) is 11.5 Å². The quantitative estimate of drug-likeness (QED) is 0.410. The summed E-state index contributed by atoms with van der Waals surface area (Å²) in [5, 5.41) is 12.6. The minimum absolute atomic E-state index is 0.00815. The summed E-state index contributed by atoms with van der Waals surface area (Å²) >= 11 is 1.67. The number of nitrogens with zero attached hydrogens (tertiary/aromatic N) is 5. The van der Waals surface area contributed by atoms with Crippen LogP contribution in [-0.2, 0) is 0 Å². The van der Waals surface area contributed by atoms with Crippen LogP contribution in [0.5, 0.6) is 5.88 Å². The van der Waals surface area contributed by atoms with E-state index < -0.39 is 0 Å². The van der Waals surface area contributed by atoms with Gasteiger partial charge in [0.2, 0.25) is 5.88 Å². The van der Waals surface area contributed by atoms with Gasteiger partial charge in [-0.15, -0.1) is 0 Å². The molecule has 1 fully saturated rings. The predicted molar refractivity (Wildman–Crippen MR) is 125 cm³/mol. The minimum Gasteiger partial charge on any atom is -0.475 e. The summed E-state index contributed by atoms with van der Waals surface area (Å²) in [6, 6.07) is 5.49. The van der Waals surface area contributed by atoms with E-state index in [1.165, 1.54) is 6.20 Å². The summed E-state index contributed by atoms with van der Waals surface area (Å²) in [6.45, 7) is 9.23. The number of nitrogen functional groups attached to an aromatic ring is 1. The molecule has 10 heteroatoms. The molecule has 0 spiro atoms. The summed E-state index contributed by atoms with van der Waals surface area (Å²) in [5.74, 6) is 2.15. The van der Waals surface area contributed by atoms with E-state index in [0.717, 1.165) is 48.2 Å². The lowest BCUT2D eigenvalue weighted by molar-refractivity contribution is 0.232. The number of piperazine rings is 1. The molecule has 168 valence electrons. The number of ether oxygens (including phenoxy) is 1. The van der Waals surface area contributed by atoms with Crippen LogP contribution in [-0.4, -0.2) is 57.4 Å². The Morgan fingerprint density at radius 3 is 2.66 bits per heavy atom. The summed E-state index contributed by atoms with van der Waals surface area (Å²) < 4.78 is 13.1. The van der Waals surface area contributed by atoms with Crippen molar-refractivity contribution in [3.8, 4) is 5.88 Å². The van der Waals surface area contributed by atoms with Crippen molar-refractivity contribution in [3.05, 3.63) is 53.7 Å². The van der Waals surface area contributed by atoms with Crippen LogP contribution in [0.1, 0.15) is 30.7 Å². The van der Waals surface area contributed by atoms with E-state index in [0.29, 0.717) is 22.8 Å². The second-order valence-electron chi connectivity index (χ2n) is 7.81. The van der Waals surface area contributed by atoms with Crippen LogP contribution in [0.2, 0.25) is 0 Å². The van der Waals surface area contributed by atoms with Crippen LogP contribution in [0.3, 0.4) is 0 Å². The van der Waals surface area contributed by atoms with Gasteiger partial charge in [0, 0.05) is 49.6 Å². The Morgan fingerprint density at radius 2 is 1.97 bits per heavy atom. The van der Waals surface area contributed by atoms with Crippen molar-refractivity contribution in [3.63, 3.8) is 0 Å². The van der Waals surface area contributed by atoms with E-state index in [9.17, 15) is 0 Å². The van der Waals surface area contributed by atoms with Crippen LogP contribution in [0.25, 0.3) is 0 Å². The number of nitrogens with two attached hydrogens (primary N) is 1. The third kappa shape index (κ3) is 5.03. The van der Waals surface area contributed by atoms with Crippen molar-refractivity contribution in [1.82, 2.24) is 19.4 Å². The molecule has 0 atom stereocenters. The van der Waals surface area contributed by atoms with Crippen LogP contribution in [0.15, 0.2) is 46.2 Å². The van der Waals surface area contributed by atoms with Crippen LogP contribution >= 0.6 is 11.9 Å². The van der Waals surface area contributed by atoms with Crippen LogP contribution < -0.4 is 15.4 Å². The minimum atomic E-state index is -0.00815. The molecule has 0 aliphatic carbocycles. The maximum atomic E-state index is 8.73. The van der Waals surface area contributed by atoms with Crippen molar-refractivity contribution in [1.29, 1.82) is 5.41 Å². The number of aromatic nitrogens is 3. The first-order chi connectivity index (χ1) is 15.4. The van der Waals surface area contributed by atoms with E-state index in [4.69, 9.17) is 20.4 Å². The molecule has 0 unspecified atom stereocenters. The summed E-state index contributed by atoms with van der Waals surface area (Å²) in [6.07, 6.45) is 5.03. The van der Waals surface area contributed by atoms with Gasteiger partial charge >= 0.3 is 0 Å². The van der Waals surface area contributed by atoms with Gasteiger partial charge in [-0.25, -0.2) is 14.3 Å². The lowest BCUT2D eigenvalue weighted by atomic mass is 10.0. The molecular weight excluding hydrogens is 426 g/mol. The van der Waals surface area contributed by atoms with E-state index in [-0.39, 0.29) is 6.10 Å². The maximum absolute atomic E-state index is 8.73. The Labute approximate surface area is 191 Å². The summed E-state index contributed by atoms with van der Waals surface area (Å²) in [7, 11) is 0. The number of pyridine rings is 2. The fourth-order valence-electron chi connectivity index (χ4n) is 3.40. The average molecular weight is 454 g/mol. The molecule has 0 aromatic carbocycles. The first-order valence-electron chi connectivity index (χ1n) is 10.5. The lowest BCUT2D eigenvalue weighted by Gasteiger charge is -2.34. The highest BCUT2D eigenvalue weighted by Gasteiger charge is 2.21. The number of hydrogen-bond donors (Lipinski definition) is 2. The number of hydrogen-bond acceptors (Lipinski definition) is 10. The van der Waals surface area contributed by atoms with Gasteiger partial charge in [0.1, 0.15) is 11.6 Å².